The lowest BCUT2D eigenvalue weighted by Gasteiger charge is -2.20. The number of anilines is 1. The van der Waals surface area contributed by atoms with Crippen molar-refractivity contribution in [3.05, 3.63) is 56.7 Å². The molecule has 0 saturated carbocycles. The van der Waals surface area contributed by atoms with E-state index in [0.29, 0.717) is 5.82 Å². The fraction of sp³-hybridized carbons (Fsp3) is 0.267. The zero-order chi connectivity index (χ0) is 14.9. The summed E-state index contributed by atoms with van der Waals surface area (Å²) in [4.78, 5) is 4.21. The molecule has 106 valence electrons. The molecular weight excluding hydrogens is 316 g/mol. The first-order valence-electron chi connectivity index (χ1n) is 6.38. The summed E-state index contributed by atoms with van der Waals surface area (Å²) < 4.78 is 1.12. The number of hydrazine groups is 1. The quantitative estimate of drug-likeness (QED) is 0.595. The van der Waals surface area contributed by atoms with Gasteiger partial charge in [-0.2, -0.15) is 0 Å². The molecule has 0 spiro atoms. The Labute approximate surface area is 127 Å². The van der Waals surface area contributed by atoms with Crippen molar-refractivity contribution < 1.29 is 0 Å². The first-order chi connectivity index (χ1) is 9.43. The summed E-state index contributed by atoms with van der Waals surface area (Å²) in [6.07, 6.45) is 1.75. The van der Waals surface area contributed by atoms with E-state index in [0.717, 1.165) is 21.2 Å². The third-order valence-corrected chi connectivity index (χ3v) is 4.61. The Hall–Kier alpha value is -1.43. The minimum atomic E-state index is -0.173. The number of nitrogen functional groups attached to an aromatic ring is 1. The Morgan fingerprint density at radius 3 is 2.30 bits per heavy atom. The highest BCUT2D eigenvalue weighted by atomic mass is 79.9. The maximum absolute atomic E-state index is 5.99. The lowest BCUT2D eigenvalue weighted by Crippen LogP contribution is -2.30. The SMILES string of the molecule is Cc1cnc(N)c(C(NN)c2cc(C)c(Br)c(C)c2)c1. The lowest BCUT2D eigenvalue weighted by atomic mass is 9.96. The number of aryl methyl sites for hydroxylation is 3. The standard InChI is InChI=1S/C15H19BrN4/c1-8-4-12(15(17)19-7-8)14(20-18)11-5-9(2)13(16)10(3)6-11/h4-7,14,20H,18H2,1-3H3,(H2,17,19). The van der Waals surface area contributed by atoms with Crippen LogP contribution in [0.4, 0.5) is 5.82 Å². The van der Waals surface area contributed by atoms with Crippen molar-refractivity contribution in [2.24, 2.45) is 5.84 Å². The van der Waals surface area contributed by atoms with Gasteiger partial charge in [-0.15, -0.1) is 0 Å². The number of hydrogen-bond acceptors (Lipinski definition) is 4. The molecule has 1 aromatic carbocycles. The summed E-state index contributed by atoms with van der Waals surface area (Å²) in [5.74, 6) is 6.25. The molecule has 2 rings (SSSR count). The van der Waals surface area contributed by atoms with Gasteiger partial charge in [0, 0.05) is 16.2 Å². The van der Waals surface area contributed by atoms with E-state index in [4.69, 9.17) is 11.6 Å². The van der Waals surface area contributed by atoms with Crippen LogP contribution in [-0.2, 0) is 0 Å². The molecule has 0 radical (unpaired) electrons. The second-order valence-electron chi connectivity index (χ2n) is 5.06. The topological polar surface area (TPSA) is 77.0 Å². The van der Waals surface area contributed by atoms with E-state index in [-0.39, 0.29) is 6.04 Å². The van der Waals surface area contributed by atoms with Crippen molar-refractivity contribution in [1.29, 1.82) is 0 Å². The van der Waals surface area contributed by atoms with Gasteiger partial charge in [-0.05, 0) is 49.1 Å². The number of aromatic nitrogens is 1. The van der Waals surface area contributed by atoms with E-state index in [1.54, 1.807) is 6.20 Å². The number of nitrogens with zero attached hydrogens (tertiary/aromatic N) is 1. The van der Waals surface area contributed by atoms with Crippen LogP contribution in [0.15, 0.2) is 28.9 Å². The fourth-order valence-corrected chi connectivity index (χ4v) is 2.57. The summed E-state index contributed by atoms with van der Waals surface area (Å²) in [5.41, 5.74) is 14.2. The lowest BCUT2D eigenvalue weighted by molar-refractivity contribution is 0.635. The molecule has 0 aliphatic carbocycles. The molecule has 20 heavy (non-hydrogen) atoms. The largest absolute Gasteiger partial charge is 0.383 e. The molecule has 0 fully saturated rings. The summed E-state index contributed by atoms with van der Waals surface area (Å²) in [6, 6.07) is 6.04. The van der Waals surface area contributed by atoms with Gasteiger partial charge in [0.05, 0.1) is 6.04 Å². The third-order valence-electron chi connectivity index (χ3n) is 3.36. The maximum Gasteiger partial charge on any atom is 0.128 e. The van der Waals surface area contributed by atoms with Crippen LogP contribution in [0.2, 0.25) is 0 Å². The van der Waals surface area contributed by atoms with Crippen LogP contribution >= 0.6 is 15.9 Å². The fourth-order valence-electron chi connectivity index (χ4n) is 2.35. The van der Waals surface area contributed by atoms with Crippen LogP contribution in [0.3, 0.4) is 0 Å². The molecule has 0 aliphatic rings. The number of halogens is 1. The van der Waals surface area contributed by atoms with Gasteiger partial charge in [-0.1, -0.05) is 28.1 Å². The van der Waals surface area contributed by atoms with Gasteiger partial charge in [-0.25, -0.2) is 10.4 Å². The zero-order valence-corrected chi connectivity index (χ0v) is 13.5. The Bertz CT molecular complexity index is 617. The highest BCUT2D eigenvalue weighted by Gasteiger charge is 2.18. The van der Waals surface area contributed by atoms with Crippen LogP contribution in [0.1, 0.15) is 33.9 Å². The molecule has 0 amide bonds. The molecule has 1 heterocycles. The molecule has 5 heteroatoms. The maximum atomic E-state index is 5.99. The highest BCUT2D eigenvalue weighted by molar-refractivity contribution is 9.10. The normalized spacial score (nSPS) is 12.4. The van der Waals surface area contributed by atoms with Crippen molar-refractivity contribution >= 4 is 21.7 Å². The molecule has 1 aromatic heterocycles. The summed E-state index contributed by atoms with van der Waals surface area (Å²) in [6.45, 7) is 6.11. The van der Waals surface area contributed by atoms with Gasteiger partial charge in [0.2, 0.25) is 0 Å². The first kappa shape index (κ1) is 15.0. The van der Waals surface area contributed by atoms with Gasteiger partial charge < -0.3 is 5.73 Å². The van der Waals surface area contributed by atoms with Crippen molar-refractivity contribution in [2.75, 3.05) is 5.73 Å². The number of hydrogen-bond donors (Lipinski definition) is 3. The number of nitrogens with two attached hydrogens (primary N) is 2. The summed E-state index contributed by atoms with van der Waals surface area (Å²) in [7, 11) is 0. The van der Waals surface area contributed by atoms with E-state index in [1.165, 1.54) is 11.1 Å². The Morgan fingerprint density at radius 1 is 1.15 bits per heavy atom. The monoisotopic (exact) mass is 334 g/mol. The minimum absolute atomic E-state index is 0.173. The molecule has 1 atom stereocenters. The number of benzene rings is 1. The molecule has 1 unspecified atom stereocenters. The van der Waals surface area contributed by atoms with E-state index in [9.17, 15) is 0 Å². The van der Waals surface area contributed by atoms with E-state index in [2.05, 4.69) is 52.3 Å². The van der Waals surface area contributed by atoms with Crippen molar-refractivity contribution in [3.8, 4) is 0 Å². The van der Waals surface area contributed by atoms with Crippen molar-refractivity contribution in [1.82, 2.24) is 10.4 Å². The van der Waals surface area contributed by atoms with Gasteiger partial charge in [-0.3, -0.25) is 5.84 Å². The molecule has 0 bridgehead atoms. The molecule has 2 aromatic rings. The smallest absolute Gasteiger partial charge is 0.128 e. The number of nitrogens with one attached hydrogen (secondary N) is 1. The van der Waals surface area contributed by atoms with Crippen LogP contribution in [-0.4, -0.2) is 4.98 Å². The molecule has 0 saturated heterocycles. The molecular formula is C15H19BrN4. The van der Waals surface area contributed by atoms with Gasteiger partial charge >= 0.3 is 0 Å². The van der Waals surface area contributed by atoms with Crippen LogP contribution in [0, 0.1) is 20.8 Å². The van der Waals surface area contributed by atoms with Crippen molar-refractivity contribution in [2.45, 2.75) is 26.8 Å². The second-order valence-corrected chi connectivity index (χ2v) is 5.85. The van der Waals surface area contributed by atoms with Gasteiger partial charge in [0.25, 0.3) is 0 Å². The van der Waals surface area contributed by atoms with Gasteiger partial charge in [0.15, 0.2) is 0 Å². The number of rotatable bonds is 3. The summed E-state index contributed by atoms with van der Waals surface area (Å²) >= 11 is 3.58. The Kier molecular flexibility index (Phi) is 4.42. The Morgan fingerprint density at radius 2 is 1.75 bits per heavy atom. The predicted molar refractivity (Wildman–Crippen MR) is 86.2 cm³/mol. The molecule has 0 aliphatic heterocycles. The predicted octanol–water partition coefficient (Wildman–Crippen LogP) is 2.90. The summed E-state index contributed by atoms with van der Waals surface area (Å²) in [5, 5.41) is 0. The van der Waals surface area contributed by atoms with E-state index in [1.807, 2.05) is 13.0 Å². The highest BCUT2D eigenvalue weighted by Crippen LogP contribution is 2.30. The molecule has 5 N–H and O–H groups in total. The Balaban J connectivity index is 2.55. The number of pyridine rings is 1. The van der Waals surface area contributed by atoms with E-state index < -0.39 is 0 Å². The third kappa shape index (κ3) is 2.85. The van der Waals surface area contributed by atoms with Crippen LogP contribution < -0.4 is 17.0 Å². The second kappa shape index (κ2) is 5.91. The van der Waals surface area contributed by atoms with Crippen LogP contribution in [0.5, 0.6) is 0 Å². The van der Waals surface area contributed by atoms with Crippen LogP contribution in [0.25, 0.3) is 0 Å². The van der Waals surface area contributed by atoms with Crippen molar-refractivity contribution in [3.63, 3.8) is 0 Å². The van der Waals surface area contributed by atoms with E-state index >= 15 is 0 Å². The zero-order valence-electron chi connectivity index (χ0n) is 11.9. The molecule has 4 nitrogen and oxygen atoms in total. The minimum Gasteiger partial charge on any atom is -0.383 e. The average Bonchev–Trinajstić information content (AvgIpc) is 2.40. The average molecular weight is 335 g/mol. The van der Waals surface area contributed by atoms with Gasteiger partial charge in [0.1, 0.15) is 5.82 Å². The first-order valence-corrected chi connectivity index (χ1v) is 7.18.